The van der Waals surface area contributed by atoms with Crippen molar-refractivity contribution in [2.45, 2.75) is 61.4 Å². The molecular weight excluding hydrogens is 356 g/mol. The van der Waals surface area contributed by atoms with Crippen LogP contribution in [0.15, 0.2) is 0 Å². The summed E-state index contributed by atoms with van der Waals surface area (Å²) in [6.45, 7) is -0.652. The molecule has 0 spiro atoms. The Hall–Kier alpha value is -0.440. The van der Waals surface area contributed by atoms with Gasteiger partial charge in [0, 0.05) is 21.3 Å². The largest absolute Gasteiger partial charge is 0.394 e. The predicted octanol–water partition coefficient (Wildman–Crippen LogP) is -3.43. The smallest absolute Gasteiger partial charge is 0.187 e. The van der Waals surface area contributed by atoms with Crippen molar-refractivity contribution in [2.75, 3.05) is 34.5 Å². The molecule has 0 radical (unpaired) electrons. The van der Waals surface area contributed by atoms with Gasteiger partial charge in [0.05, 0.1) is 13.2 Å². The van der Waals surface area contributed by atoms with Gasteiger partial charge < -0.3 is 54.0 Å². The molecule has 2 heterocycles. The second-order valence-electron chi connectivity index (χ2n) is 6.20. The Bertz CT molecular complexity index is 418. The van der Waals surface area contributed by atoms with E-state index < -0.39 is 68.0 Å². The van der Waals surface area contributed by atoms with Gasteiger partial charge in [-0.2, -0.15) is 0 Å². The molecule has 0 aromatic heterocycles. The number of hydrogen-bond acceptors (Lipinski definition) is 11. The van der Waals surface area contributed by atoms with Gasteiger partial charge in [-0.25, -0.2) is 0 Å². The van der Waals surface area contributed by atoms with Crippen LogP contribution in [0, 0.1) is 0 Å². The van der Waals surface area contributed by atoms with Crippen LogP contribution in [-0.4, -0.2) is 121 Å². The molecule has 2 fully saturated rings. The maximum Gasteiger partial charge on any atom is 0.187 e. The second-order valence-corrected chi connectivity index (χ2v) is 6.20. The first-order valence-corrected chi connectivity index (χ1v) is 8.23. The lowest BCUT2D eigenvalue weighted by Gasteiger charge is -2.41. The van der Waals surface area contributed by atoms with Gasteiger partial charge in [-0.3, -0.25) is 0 Å². The number of ether oxygens (including phenoxy) is 6. The molecule has 0 aromatic carbocycles. The van der Waals surface area contributed by atoms with Crippen LogP contribution in [0.4, 0.5) is 0 Å². The molecule has 2 aliphatic heterocycles. The van der Waals surface area contributed by atoms with Crippen LogP contribution in [-0.2, 0) is 28.4 Å². The fourth-order valence-electron chi connectivity index (χ4n) is 3.17. The van der Waals surface area contributed by atoms with Crippen molar-refractivity contribution in [3.8, 4) is 0 Å². The van der Waals surface area contributed by atoms with E-state index in [-0.39, 0.29) is 6.61 Å². The molecule has 2 saturated heterocycles. The average molecular weight is 384 g/mol. The Morgan fingerprint density at radius 2 is 1.62 bits per heavy atom. The van der Waals surface area contributed by atoms with E-state index in [1.165, 1.54) is 21.3 Å². The topological polar surface area (TPSA) is 157 Å². The maximum atomic E-state index is 10.2. The highest BCUT2D eigenvalue weighted by Crippen LogP contribution is 2.30. The molecule has 5 N–H and O–H groups in total. The van der Waals surface area contributed by atoms with Crippen molar-refractivity contribution in [3.05, 3.63) is 0 Å². The number of aliphatic hydroxyl groups is 5. The minimum Gasteiger partial charge on any atom is -0.394 e. The quantitative estimate of drug-likeness (QED) is 0.265. The normalized spacial score (nSPS) is 42.3. The van der Waals surface area contributed by atoms with Gasteiger partial charge in [-0.05, 0) is 0 Å². The maximum absolute atomic E-state index is 10.2. The zero-order chi connectivity index (χ0) is 19.4. The van der Waals surface area contributed by atoms with Crippen LogP contribution in [0.1, 0.15) is 0 Å². The highest BCUT2D eigenvalue weighted by atomic mass is 16.7. The number of hydrogen-bond donors (Lipinski definition) is 5. The molecule has 9 atom stereocenters. The highest BCUT2D eigenvalue weighted by Gasteiger charge is 2.50. The van der Waals surface area contributed by atoms with Crippen molar-refractivity contribution in [1.82, 2.24) is 0 Å². The molecule has 2 rings (SSSR count). The van der Waals surface area contributed by atoms with Crippen LogP contribution < -0.4 is 0 Å². The first kappa shape index (κ1) is 21.9. The fraction of sp³-hybridized carbons (Fsp3) is 1.00. The van der Waals surface area contributed by atoms with Crippen LogP contribution in [0.2, 0.25) is 0 Å². The minimum absolute atomic E-state index is 0.0627. The van der Waals surface area contributed by atoms with Gasteiger partial charge in [0.25, 0.3) is 0 Å². The third-order valence-electron chi connectivity index (χ3n) is 4.63. The monoisotopic (exact) mass is 384 g/mol. The minimum atomic E-state index is -1.59. The van der Waals surface area contributed by atoms with Crippen LogP contribution in [0.3, 0.4) is 0 Å². The van der Waals surface area contributed by atoms with Crippen molar-refractivity contribution in [1.29, 1.82) is 0 Å². The zero-order valence-corrected chi connectivity index (χ0v) is 14.9. The van der Waals surface area contributed by atoms with E-state index in [1.807, 2.05) is 0 Å². The number of methoxy groups -OCH3 is 3. The van der Waals surface area contributed by atoms with E-state index in [0.717, 1.165) is 0 Å². The molecule has 2 aliphatic rings. The van der Waals surface area contributed by atoms with Crippen LogP contribution in [0.25, 0.3) is 0 Å². The molecule has 11 nitrogen and oxygen atoms in total. The SMILES string of the molecule is COC(OC)[C@@H](OC)[C@@H]1OC[C@H](O)[C@H]1O[C@@H]1O[C@H](CO)[C@H](O)[C@H](O)[C@H]1O. The fourth-order valence-corrected chi connectivity index (χ4v) is 3.17. The molecule has 0 aliphatic carbocycles. The Labute approximate surface area is 150 Å². The molecule has 154 valence electrons. The van der Waals surface area contributed by atoms with Gasteiger partial charge in [0.2, 0.25) is 0 Å². The van der Waals surface area contributed by atoms with E-state index in [4.69, 9.17) is 28.4 Å². The van der Waals surface area contributed by atoms with Gasteiger partial charge in [-0.15, -0.1) is 0 Å². The second kappa shape index (κ2) is 9.66. The van der Waals surface area contributed by atoms with Gasteiger partial charge in [0.15, 0.2) is 12.6 Å². The Morgan fingerprint density at radius 1 is 0.962 bits per heavy atom. The summed E-state index contributed by atoms with van der Waals surface area (Å²) in [6, 6.07) is 0. The molecule has 0 saturated carbocycles. The summed E-state index contributed by atoms with van der Waals surface area (Å²) in [4.78, 5) is 0. The first-order chi connectivity index (χ1) is 12.4. The van der Waals surface area contributed by atoms with Crippen molar-refractivity contribution < 1.29 is 54.0 Å². The summed E-state index contributed by atoms with van der Waals surface area (Å²) in [6.07, 6.45) is -11.7. The lowest BCUT2D eigenvalue weighted by molar-refractivity contribution is -0.322. The molecule has 0 amide bonds. The summed E-state index contributed by atoms with van der Waals surface area (Å²) < 4.78 is 32.2. The van der Waals surface area contributed by atoms with Crippen molar-refractivity contribution in [3.63, 3.8) is 0 Å². The Kier molecular flexibility index (Phi) is 8.12. The van der Waals surface area contributed by atoms with Gasteiger partial charge in [-0.1, -0.05) is 0 Å². The third kappa shape index (κ3) is 4.34. The van der Waals surface area contributed by atoms with E-state index in [1.54, 1.807) is 0 Å². The molecule has 0 aromatic rings. The van der Waals surface area contributed by atoms with Gasteiger partial charge >= 0.3 is 0 Å². The summed E-state index contributed by atoms with van der Waals surface area (Å²) in [7, 11) is 4.24. The number of rotatable bonds is 8. The first-order valence-electron chi connectivity index (χ1n) is 8.23. The van der Waals surface area contributed by atoms with Crippen LogP contribution >= 0.6 is 0 Å². The van der Waals surface area contributed by atoms with E-state index >= 15 is 0 Å². The Balaban J connectivity index is 2.14. The molecule has 0 bridgehead atoms. The Morgan fingerprint density at radius 3 is 2.15 bits per heavy atom. The molecule has 26 heavy (non-hydrogen) atoms. The standard InChI is InChI=1S/C15H28O11/c1-21-13(15(22-2)23-3)12-11(6(17)5-24-12)26-14-10(20)9(19)8(18)7(4-16)25-14/h6-20H,4-5H2,1-3H3/t6-,7+,8-,9-,10+,11+,12+,13-,14-/m0/s1. The van der Waals surface area contributed by atoms with Crippen molar-refractivity contribution >= 4 is 0 Å². The lowest BCUT2D eigenvalue weighted by atomic mass is 9.99. The van der Waals surface area contributed by atoms with Gasteiger partial charge in [0.1, 0.15) is 48.8 Å². The predicted molar refractivity (Wildman–Crippen MR) is 83.0 cm³/mol. The van der Waals surface area contributed by atoms with Crippen molar-refractivity contribution in [2.24, 2.45) is 0 Å². The lowest BCUT2D eigenvalue weighted by Crippen LogP contribution is -2.61. The summed E-state index contributed by atoms with van der Waals surface area (Å²) in [5, 5.41) is 49.3. The van der Waals surface area contributed by atoms with E-state index in [0.29, 0.717) is 0 Å². The number of aliphatic hydroxyl groups excluding tert-OH is 5. The van der Waals surface area contributed by atoms with E-state index in [2.05, 4.69) is 0 Å². The highest BCUT2D eigenvalue weighted by molar-refractivity contribution is 4.94. The average Bonchev–Trinajstić information content (AvgIpc) is 3.00. The third-order valence-corrected chi connectivity index (χ3v) is 4.63. The zero-order valence-electron chi connectivity index (χ0n) is 14.9. The molecular formula is C15H28O11. The summed E-state index contributed by atoms with van der Waals surface area (Å²) in [5.74, 6) is 0. The summed E-state index contributed by atoms with van der Waals surface area (Å²) >= 11 is 0. The molecule has 11 heteroatoms. The summed E-state index contributed by atoms with van der Waals surface area (Å²) in [5.41, 5.74) is 0. The van der Waals surface area contributed by atoms with Crippen LogP contribution in [0.5, 0.6) is 0 Å². The van der Waals surface area contributed by atoms with E-state index in [9.17, 15) is 25.5 Å². The molecule has 0 unspecified atom stereocenters.